The Morgan fingerprint density at radius 1 is 1.06 bits per heavy atom. The molecule has 7 aliphatic rings. The van der Waals surface area contributed by atoms with Crippen LogP contribution in [0, 0.1) is 28.6 Å². The Morgan fingerprint density at radius 2 is 1.87 bits per heavy atom. The van der Waals surface area contributed by atoms with Crippen LogP contribution in [-0.2, 0) is 33.3 Å². The lowest BCUT2D eigenvalue weighted by Gasteiger charge is -2.59. The van der Waals surface area contributed by atoms with Crippen LogP contribution < -0.4 is 0 Å². The van der Waals surface area contributed by atoms with Crippen molar-refractivity contribution >= 4 is 17.7 Å². The van der Waals surface area contributed by atoms with Crippen molar-refractivity contribution in [3.63, 3.8) is 0 Å². The molecule has 3 saturated heterocycles. The molecule has 7 fully saturated rings. The lowest BCUT2D eigenvalue weighted by Crippen LogP contribution is -2.68. The fourth-order valence-corrected chi connectivity index (χ4v) is 9.63. The van der Waals surface area contributed by atoms with Crippen molar-refractivity contribution in [1.82, 2.24) is 0 Å². The molecule has 7 heteroatoms. The maximum Gasteiger partial charge on any atom is 0.309 e. The van der Waals surface area contributed by atoms with Crippen LogP contribution in [0.25, 0.3) is 0 Å². The van der Waals surface area contributed by atoms with E-state index in [1.165, 1.54) is 7.11 Å². The molecule has 4 saturated carbocycles. The van der Waals surface area contributed by atoms with Gasteiger partial charge in [-0.25, -0.2) is 0 Å². The summed E-state index contributed by atoms with van der Waals surface area (Å²) in [5, 5.41) is 0. The number of methoxy groups -OCH3 is 1. The van der Waals surface area contributed by atoms with Gasteiger partial charge in [0.05, 0.1) is 19.1 Å². The lowest BCUT2D eigenvalue weighted by atomic mass is 9.41. The van der Waals surface area contributed by atoms with Gasteiger partial charge in [-0.05, 0) is 44.4 Å². The van der Waals surface area contributed by atoms with E-state index in [1.807, 2.05) is 0 Å². The van der Waals surface area contributed by atoms with Gasteiger partial charge < -0.3 is 18.9 Å². The predicted octanol–water partition coefficient (Wildman–Crippen LogP) is 2.34. The monoisotopic (exact) mass is 430 g/mol. The minimum Gasteiger partial charge on any atom is -0.469 e. The number of fused-ring (bicyclic) bond motifs is 3. The number of ether oxygens (including phenoxy) is 4. The normalized spacial score (nSPS) is 60.3. The maximum atomic E-state index is 13.2. The molecule has 4 aliphatic carbocycles. The molecule has 0 aromatic rings. The zero-order valence-corrected chi connectivity index (χ0v) is 18.4. The molecule has 31 heavy (non-hydrogen) atoms. The highest BCUT2D eigenvalue weighted by Gasteiger charge is 2.91. The minimum atomic E-state index is -0.601. The quantitative estimate of drug-likeness (QED) is 0.465. The van der Waals surface area contributed by atoms with E-state index in [-0.39, 0.29) is 52.4 Å². The summed E-state index contributed by atoms with van der Waals surface area (Å²) < 4.78 is 24.2. The number of carbonyl (C=O) groups excluding carboxylic acids is 3. The third-order valence-electron chi connectivity index (χ3n) is 11.2. The number of carbonyl (C=O) groups is 3. The summed E-state index contributed by atoms with van der Waals surface area (Å²) >= 11 is 0. The largest absolute Gasteiger partial charge is 0.469 e. The van der Waals surface area contributed by atoms with Crippen molar-refractivity contribution in [2.24, 2.45) is 28.6 Å². The summed E-state index contributed by atoms with van der Waals surface area (Å²) in [6.45, 7) is 4.50. The minimum absolute atomic E-state index is 0.000380. The lowest BCUT2D eigenvalue weighted by molar-refractivity contribution is -0.184. The molecule has 0 N–H and O–H groups in total. The van der Waals surface area contributed by atoms with E-state index in [9.17, 15) is 14.4 Å². The fraction of sp³-hybridized carbons (Fsp3) is 0.875. The van der Waals surface area contributed by atoms with Gasteiger partial charge in [0.1, 0.15) is 22.9 Å². The molecule has 4 unspecified atom stereocenters. The van der Waals surface area contributed by atoms with E-state index in [2.05, 4.69) is 13.8 Å². The SMILES string of the molecule is COC(=O)[C@@H]1C[C@@]23OC2C(=O)CC[C@]3(C)[C@@]23O[C@H]2C[C@@]2(C)C(CCC24CCC(=O)O4)C13. The molecule has 10 atom stereocenters. The van der Waals surface area contributed by atoms with E-state index in [0.717, 1.165) is 32.1 Å². The fourth-order valence-electron chi connectivity index (χ4n) is 9.63. The Hall–Kier alpha value is -1.47. The Morgan fingerprint density at radius 3 is 2.58 bits per heavy atom. The standard InChI is InChI=1S/C24H30O7/c1-20-11-15-24(29-15)17(13(20)4-8-22(20)9-6-16(26)30-22)12(19(27)28-3)10-23-18(31-23)14(25)5-7-21(23,24)2/h12-13,15,17-18H,4-11H2,1-3H3/t12-,13?,15+,17?,18?,20+,21+,22?,23-,24-/m1/s1. The molecule has 3 spiro atoms. The van der Waals surface area contributed by atoms with Gasteiger partial charge >= 0.3 is 11.9 Å². The van der Waals surface area contributed by atoms with Gasteiger partial charge in [-0.1, -0.05) is 13.8 Å². The van der Waals surface area contributed by atoms with E-state index in [4.69, 9.17) is 18.9 Å². The summed E-state index contributed by atoms with van der Waals surface area (Å²) in [6.07, 6.45) is 5.22. The van der Waals surface area contributed by atoms with Gasteiger partial charge in [0.2, 0.25) is 0 Å². The summed E-state index contributed by atoms with van der Waals surface area (Å²) in [4.78, 5) is 37.9. The first-order valence-corrected chi connectivity index (χ1v) is 11.9. The van der Waals surface area contributed by atoms with E-state index in [1.54, 1.807) is 0 Å². The number of hydrogen-bond acceptors (Lipinski definition) is 7. The Labute approximate surface area is 181 Å². The summed E-state index contributed by atoms with van der Waals surface area (Å²) in [5.74, 6) is -0.325. The smallest absolute Gasteiger partial charge is 0.309 e. The van der Waals surface area contributed by atoms with Gasteiger partial charge in [0, 0.05) is 29.6 Å². The molecule has 7 rings (SSSR count). The van der Waals surface area contributed by atoms with Crippen LogP contribution in [-0.4, -0.2) is 53.8 Å². The number of ketones is 1. The second kappa shape index (κ2) is 5.19. The first kappa shape index (κ1) is 19.0. The molecule has 0 aromatic carbocycles. The zero-order valence-electron chi connectivity index (χ0n) is 18.4. The van der Waals surface area contributed by atoms with Crippen LogP contribution in [0.4, 0.5) is 0 Å². The van der Waals surface area contributed by atoms with Gasteiger partial charge in [-0.2, -0.15) is 0 Å². The molecular formula is C24H30O7. The first-order valence-electron chi connectivity index (χ1n) is 11.9. The van der Waals surface area contributed by atoms with Crippen molar-refractivity contribution in [2.45, 2.75) is 94.2 Å². The molecule has 0 aromatic heterocycles. The average Bonchev–Trinajstić information content (AvgIpc) is 3.59. The van der Waals surface area contributed by atoms with E-state index in [0.29, 0.717) is 19.3 Å². The van der Waals surface area contributed by atoms with Crippen LogP contribution in [0.3, 0.4) is 0 Å². The van der Waals surface area contributed by atoms with Crippen LogP contribution >= 0.6 is 0 Å². The topological polar surface area (TPSA) is 94.7 Å². The van der Waals surface area contributed by atoms with Gasteiger partial charge in [-0.3, -0.25) is 14.4 Å². The average molecular weight is 430 g/mol. The van der Waals surface area contributed by atoms with Gasteiger partial charge in [0.15, 0.2) is 5.78 Å². The maximum absolute atomic E-state index is 13.2. The third-order valence-corrected chi connectivity index (χ3v) is 11.2. The van der Waals surface area contributed by atoms with Crippen molar-refractivity contribution < 1.29 is 33.3 Å². The second-order valence-corrected chi connectivity index (χ2v) is 11.7. The number of rotatable bonds is 1. The first-order chi connectivity index (χ1) is 14.7. The van der Waals surface area contributed by atoms with Gasteiger partial charge in [0.25, 0.3) is 0 Å². The molecular weight excluding hydrogens is 400 g/mol. The molecule has 0 bridgehead atoms. The highest BCUT2D eigenvalue weighted by Crippen LogP contribution is 2.82. The molecule has 168 valence electrons. The molecule has 7 nitrogen and oxygen atoms in total. The second-order valence-electron chi connectivity index (χ2n) is 11.7. The van der Waals surface area contributed by atoms with Crippen molar-refractivity contribution in [1.29, 1.82) is 0 Å². The zero-order chi connectivity index (χ0) is 21.6. The molecule has 3 heterocycles. The summed E-state index contributed by atoms with van der Waals surface area (Å²) in [6, 6.07) is 0. The molecule has 0 radical (unpaired) electrons. The van der Waals surface area contributed by atoms with E-state index >= 15 is 0 Å². The highest BCUT2D eigenvalue weighted by atomic mass is 16.6. The number of Topliss-reactive ketones (excluding diaryl/α,β-unsaturated/α-hetero) is 1. The van der Waals surface area contributed by atoms with E-state index < -0.39 is 22.9 Å². The Balaban J connectivity index is 1.37. The number of epoxide rings is 2. The third kappa shape index (κ3) is 1.77. The number of esters is 2. The predicted molar refractivity (Wildman–Crippen MR) is 105 cm³/mol. The van der Waals surface area contributed by atoms with Crippen molar-refractivity contribution in [3.05, 3.63) is 0 Å². The summed E-state index contributed by atoms with van der Waals surface area (Å²) in [5.41, 5.74) is -2.00. The Kier molecular flexibility index (Phi) is 3.19. The van der Waals surface area contributed by atoms with Crippen LogP contribution in [0.15, 0.2) is 0 Å². The summed E-state index contributed by atoms with van der Waals surface area (Å²) in [7, 11) is 1.44. The van der Waals surface area contributed by atoms with Crippen LogP contribution in [0.5, 0.6) is 0 Å². The van der Waals surface area contributed by atoms with Crippen LogP contribution in [0.2, 0.25) is 0 Å². The molecule has 3 aliphatic heterocycles. The Bertz CT molecular complexity index is 946. The van der Waals surface area contributed by atoms with Crippen molar-refractivity contribution in [2.75, 3.05) is 7.11 Å². The molecule has 0 amide bonds. The highest BCUT2D eigenvalue weighted by molar-refractivity contribution is 5.89. The van der Waals surface area contributed by atoms with Crippen molar-refractivity contribution in [3.8, 4) is 0 Å². The van der Waals surface area contributed by atoms with Crippen LogP contribution in [0.1, 0.15) is 65.2 Å². The number of hydrogen-bond donors (Lipinski definition) is 0. The van der Waals surface area contributed by atoms with Gasteiger partial charge in [-0.15, -0.1) is 0 Å².